The van der Waals surface area contributed by atoms with Gasteiger partial charge in [-0.15, -0.1) is 0 Å². The first-order valence-corrected chi connectivity index (χ1v) is 5.57. The quantitative estimate of drug-likeness (QED) is 0.506. The third-order valence-corrected chi connectivity index (χ3v) is 2.54. The number of pyridine rings is 1. The monoisotopic (exact) mass is 278 g/mol. The zero-order chi connectivity index (χ0) is 14.7. The molecule has 0 bridgehead atoms. The second-order valence-corrected chi connectivity index (χ2v) is 3.93. The average molecular weight is 278 g/mol. The van der Waals surface area contributed by atoms with Gasteiger partial charge in [-0.05, 0) is 24.6 Å². The van der Waals surface area contributed by atoms with Crippen LogP contribution in [0.3, 0.4) is 0 Å². The summed E-state index contributed by atoms with van der Waals surface area (Å²) in [7, 11) is 0. The van der Waals surface area contributed by atoms with Crippen LogP contribution in [0.15, 0.2) is 30.3 Å². The molecule has 0 aliphatic rings. The number of halogens is 1. The zero-order valence-corrected chi connectivity index (χ0v) is 10.5. The first-order valence-electron chi connectivity index (χ1n) is 5.57. The lowest BCUT2D eigenvalue weighted by atomic mass is 10.2. The van der Waals surface area contributed by atoms with E-state index in [2.05, 4.69) is 10.4 Å². The third-order valence-electron chi connectivity index (χ3n) is 2.54. The maximum Gasteiger partial charge on any atom is 0.331 e. The van der Waals surface area contributed by atoms with Gasteiger partial charge in [0.2, 0.25) is 0 Å². The molecule has 7 nitrogen and oxygen atoms in total. The van der Waals surface area contributed by atoms with Crippen LogP contribution in [0.1, 0.15) is 5.56 Å². The molecule has 2 aromatic rings. The summed E-state index contributed by atoms with van der Waals surface area (Å²) in [6, 6.07) is 6.43. The third kappa shape index (κ3) is 2.81. The molecule has 0 saturated carbocycles. The van der Waals surface area contributed by atoms with Crippen molar-refractivity contribution in [3.05, 3.63) is 51.8 Å². The minimum Gasteiger partial charge on any atom is -0.433 e. The Morgan fingerprint density at radius 3 is 2.80 bits per heavy atom. The van der Waals surface area contributed by atoms with E-state index in [1.165, 1.54) is 24.3 Å². The van der Waals surface area contributed by atoms with E-state index in [1.807, 2.05) is 0 Å². The number of anilines is 1. The summed E-state index contributed by atoms with van der Waals surface area (Å²) in [5.41, 5.74) is 2.54. The van der Waals surface area contributed by atoms with Crippen LogP contribution in [0, 0.1) is 22.9 Å². The van der Waals surface area contributed by atoms with Gasteiger partial charge in [0.1, 0.15) is 17.4 Å². The number of hydrazine groups is 1. The minimum atomic E-state index is -0.642. The number of aromatic nitrogens is 1. The number of nitrogens with zero attached hydrogens (tertiary/aromatic N) is 2. The van der Waals surface area contributed by atoms with Crippen LogP contribution >= 0.6 is 0 Å². The summed E-state index contributed by atoms with van der Waals surface area (Å²) in [6.07, 6.45) is 0. The molecule has 0 fully saturated rings. The van der Waals surface area contributed by atoms with Gasteiger partial charge in [0, 0.05) is 12.1 Å². The smallest absolute Gasteiger partial charge is 0.331 e. The predicted octanol–water partition coefficient (Wildman–Crippen LogP) is 2.52. The molecular weight excluding hydrogens is 267 g/mol. The van der Waals surface area contributed by atoms with Crippen LogP contribution in [0.4, 0.5) is 15.9 Å². The number of hydrogen-bond acceptors (Lipinski definition) is 6. The SMILES string of the molecule is Cc1ccc(F)cc1Oc1nc(NN)ccc1[N+](=O)[O-]. The van der Waals surface area contributed by atoms with Crippen LogP contribution in [-0.2, 0) is 0 Å². The largest absolute Gasteiger partial charge is 0.433 e. The number of rotatable bonds is 4. The average Bonchev–Trinajstić information content (AvgIpc) is 2.42. The van der Waals surface area contributed by atoms with E-state index in [1.54, 1.807) is 6.92 Å². The Hall–Kier alpha value is -2.74. The highest BCUT2D eigenvalue weighted by molar-refractivity contribution is 5.50. The van der Waals surface area contributed by atoms with Crippen molar-refractivity contribution in [3.8, 4) is 11.6 Å². The van der Waals surface area contributed by atoms with E-state index < -0.39 is 10.7 Å². The Kier molecular flexibility index (Phi) is 3.76. The van der Waals surface area contributed by atoms with Crippen molar-refractivity contribution in [2.45, 2.75) is 6.92 Å². The van der Waals surface area contributed by atoms with Crippen molar-refractivity contribution < 1.29 is 14.1 Å². The van der Waals surface area contributed by atoms with Crippen molar-refractivity contribution in [2.24, 2.45) is 5.84 Å². The lowest BCUT2D eigenvalue weighted by Crippen LogP contribution is -2.09. The molecule has 104 valence electrons. The van der Waals surface area contributed by atoms with Crippen molar-refractivity contribution in [1.82, 2.24) is 4.98 Å². The molecule has 0 unspecified atom stereocenters. The van der Waals surface area contributed by atoms with Gasteiger partial charge in [-0.3, -0.25) is 10.1 Å². The maximum absolute atomic E-state index is 13.2. The summed E-state index contributed by atoms with van der Waals surface area (Å²) in [5.74, 6) is 4.76. The van der Waals surface area contributed by atoms with Gasteiger partial charge in [-0.25, -0.2) is 10.2 Å². The van der Waals surface area contributed by atoms with E-state index in [4.69, 9.17) is 10.6 Å². The number of hydrogen-bond donors (Lipinski definition) is 2. The fourth-order valence-corrected chi connectivity index (χ4v) is 1.52. The molecule has 1 heterocycles. The van der Waals surface area contributed by atoms with Gasteiger partial charge >= 0.3 is 11.6 Å². The Labute approximate surface area is 113 Å². The molecule has 1 aromatic heterocycles. The maximum atomic E-state index is 13.2. The Bertz CT molecular complexity index is 663. The molecule has 1 aromatic carbocycles. The number of ether oxygens (including phenoxy) is 1. The first kappa shape index (κ1) is 13.7. The second kappa shape index (κ2) is 5.49. The van der Waals surface area contributed by atoms with Crippen LogP contribution in [0.5, 0.6) is 11.6 Å². The van der Waals surface area contributed by atoms with Crippen LogP contribution < -0.4 is 16.0 Å². The summed E-state index contributed by atoms with van der Waals surface area (Å²) in [5, 5.41) is 10.9. The summed E-state index contributed by atoms with van der Waals surface area (Å²) >= 11 is 0. The molecule has 0 spiro atoms. The van der Waals surface area contributed by atoms with Crippen molar-refractivity contribution in [1.29, 1.82) is 0 Å². The molecule has 0 radical (unpaired) electrons. The highest BCUT2D eigenvalue weighted by Crippen LogP contribution is 2.32. The molecule has 8 heteroatoms. The van der Waals surface area contributed by atoms with Crippen LogP contribution in [0.2, 0.25) is 0 Å². The number of nitrogen functional groups attached to an aromatic ring is 1. The molecule has 0 aliphatic carbocycles. The van der Waals surface area contributed by atoms with Gasteiger partial charge in [0.05, 0.1) is 4.92 Å². The molecule has 0 amide bonds. The fourth-order valence-electron chi connectivity index (χ4n) is 1.52. The standard InChI is InChI=1S/C12H11FN4O3/c1-7-2-3-8(13)6-10(7)20-12-9(17(18)19)4-5-11(15-12)16-14/h2-6H,14H2,1H3,(H,15,16). The van der Waals surface area contributed by atoms with Gasteiger partial charge in [0.25, 0.3) is 0 Å². The van der Waals surface area contributed by atoms with Crippen LogP contribution in [0.25, 0.3) is 0 Å². The lowest BCUT2D eigenvalue weighted by Gasteiger charge is -2.09. The van der Waals surface area contributed by atoms with Crippen molar-refractivity contribution >= 4 is 11.5 Å². The van der Waals surface area contributed by atoms with E-state index in [-0.39, 0.29) is 23.1 Å². The van der Waals surface area contributed by atoms with E-state index >= 15 is 0 Å². The number of nitro groups is 1. The topological polar surface area (TPSA) is 103 Å². The van der Waals surface area contributed by atoms with Crippen molar-refractivity contribution in [2.75, 3.05) is 5.43 Å². The fraction of sp³-hybridized carbons (Fsp3) is 0.0833. The Balaban J connectivity index is 2.45. The van der Waals surface area contributed by atoms with Gasteiger partial charge in [0.15, 0.2) is 0 Å². The Morgan fingerprint density at radius 2 is 2.15 bits per heavy atom. The van der Waals surface area contributed by atoms with E-state index in [0.29, 0.717) is 5.56 Å². The summed E-state index contributed by atoms with van der Waals surface area (Å²) in [6.45, 7) is 1.69. The van der Waals surface area contributed by atoms with E-state index in [0.717, 1.165) is 6.07 Å². The van der Waals surface area contributed by atoms with E-state index in [9.17, 15) is 14.5 Å². The number of nitrogens with two attached hydrogens (primary N) is 1. The molecule has 20 heavy (non-hydrogen) atoms. The molecule has 0 atom stereocenters. The zero-order valence-electron chi connectivity index (χ0n) is 10.5. The normalized spacial score (nSPS) is 10.2. The van der Waals surface area contributed by atoms with Gasteiger partial charge < -0.3 is 10.2 Å². The van der Waals surface area contributed by atoms with Crippen molar-refractivity contribution in [3.63, 3.8) is 0 Å². The van der Waals surface area contributed by atoms with Crippen LogP contribution in [-0.4, -0.2) is 9.91 Å². The number of aryl methyl sites for hydroxylation is 1. The minimum absolute atomic E-state index is 0.148. The lowest BCUT2D eigenvalue weighted by molar-refractivity contribution is -0.386. The molecule has 0 aliphatic heterocycles. The number of benzene rings is 1. The van der Waals surface area contributed by atoms with Gasteiger partial charge in [-0.2, -0.15) is 4.98 Å². The first-order chi connectivity index (χ1) is 9.51. The molecule has 3 N–H and O–H groups in total. The highest BCUT2D eigenvalue weighted by Gasteiger charge is 2.19. The Morgan fingerprint density at radius 1 is 1.40 bits per heavy atom. The number of nitrogens with one attached hydrogen (secondary N) is 1. The second-order valence-electron chi connectivity index (χ2n) is 3.93. The highest BCUT2D eigenvalue weighted by atomic mass is 19.1. The molecular formula is C12H11FN4O3. The molecule has 0 saturated heterocycles. The van der Waals surface area contributed by atoms with Gasteiger partial charge in [-0.1, -0.05) is 6.07 Å². The summed E-state index contributed by atoms with van der Waals surface area (Å²) in [4.78, 5) is 14.1. The molecule has 2 rings (SSSR count). The summed E-state index contributed by atoms with van der Waals surface area (Å²) < 4.78 is 18.5. The predicted molar refractivity (Wildman–Crippen MR) is 69.9 cm³/mol.